The van der Waals surface area contributed by atoms with Gasteiger partial charge in [-0.15, -0.1) is 0 Å². The van der Waals surface area contributed by atoms with E-state index in [2.05, 4.69) is 57.3 Å². The molecule has 3 heteroatoms. The average molecular weight is 302 g/mol. The Labute approximate surface area is 128 Å². The number of carbonyl (C=O) groups is 1. The first-order valence-electron chi connectivity index (χ1n) is 8.15. The fraction of sp³-hybridized carbons (Fsp3) is 0.611. The van der Waals surface area contributed by atoms with Gasteiger partial charge in [-0.2, -0.15) is 0 Å². The number of hydrogen-bond donors (Lipinski definition) is 0. The molecule has 114 valence electrons. The molecule has 1 heterocycles. The molecule has 3 rings (SSSR count). The molecule has 0 radical (unpaired) electrons. The first-order chi connectivity index (χ1) is 9.93. The zero-order valence-electron chi connectivity index (χ0n) is 13.5. The van der Waals surface area contributed by atoms with Crippen LogP contribution >= 0.6 is 0 Å². The van der Waals surface area contributed by atoms with Crippen LogP contribution < -0.4 is 5.19 Å². The molecule has 1 saturated heterocycles. The highest BCUT2D eigenvalue weighted by molar-refractivity contribution is 6.91. The zero-order chi connectivity index (χ0) is 15.2. The summed E-state index contributed by atoms with van der Waals surface area (Å²) in [6.07, 6.45) is 1.02. The lowest BCUT2D eigenvalue weighted by molar-refractivity contribution is -0.159. The molecular formula is C18H26O2Si. The number of hydrogen-bond acceptors (Lipinski definition) is 2. The summed E-state index contributed by atoms with van der Waals surface area (Å²) in [6, 6.07) is 11.0. The molecule has 2 aliphatic rings. The van der Waals surface area contributed by atoms with Crippen LogP contribution in [0.2, 0.25) is 18.6 Å². The maximum absolute atomic E-state index is 12.2. The zero-order valence-corrected chi connectivity index (χ0v) is 14.5. The number of esters is 1. The molecule has 2 nitrogen and oxygen atoms in total. The monoisotopic (exact) mass is 302 g/mol. The second-order valence-electron chi connectivity index (χ2n) is 7.62. The Bertz CT molecular complexity index is 525. The smallest absolute Gasteiger partial charge is 0.309 e. The Morgan fingerprint density at radius 2 is 1.76 bits per heavy atom. The molecule has 0 spiro atoms. The first kappa shape index (κ1) is 14.8. The molecule has 1 saturated carbocycles. The van der Waals surface area contributed by atoms with Gasteiger partial charge in [0.05, 0.1) is 20.6 Å². The second-order valence-corrected chi connectivity index (χ2v) is 12.3. The molecule has 1 aliphatic heterocycles. The van der Waals surface area contributed by atoms with Crippen LogP contribution in [-0.2, 0) is 9.53 Å². The van der Waals surface area contributed by atoms with Gasteiger partial charge in [0.2, 0.25) is 0 Å². The van der Waals surface area contributed by atoms with Gasteiger partial charge in [-0.1, -0.05) is 62.5 Å². The van der Waals surface area contributed by atoms with Gasteiger partial charge in [0.15, 0.2) is 0 Å². The summed E-state index contributed by atoms with van der Waals surface area (Å²) >= 11 is 0. The van der Waals surface area contributed by atoms with Crippen LogP contribution in [0.25, 0.3) is 0 Å². The van der Waals surface area contributed by atoms with E-state index in [0.717, 1.165) is 6.42 Å². The van der Waals surface area contributed by atoms with Crippen molar-refractivity contribution in [2.24, 2.45) is 23.7 Å². The lowest BCUT2D eigenvalue weighted by atomic mass is 9.83. The highest BCUT2D eigenvalue weighted by atomic mass is 28.3. The van der Waals surface area contributed by atoms with Gasteiger partial charge >= 0.3 is 5.97 Å². The number of benzene rings is 1. The van der Waals surface area contributed by atoms with Crippen LogP contribution in [-0.4, -0.2) is 20.7 Å². The van der Waals surface area contributed by atoms with Crippen LogP contribution in [0.4, 0.5) is 0 Å². The Morgan fingerprint density at radius 3 is 2.43 bits per heavy atom. The molecule has 2 fully saturated rings. The number of rotatable bonds is 2. The van der Waals surface area contributed by atoms with Crippen molar-refractivity contribution in [3.63, 3.8) is 0 Å². The third-order valence-electron chi connectivity index (χ3n) is 5.92. The van der Waals surface area contributed by atoms with E-state index in [-0.39, 0.29) is 11.9 Å². The summed E-state index contributed by atoms with van der Waals surface area (Å²) in [4.78, 5) is 12.2. The van der Waals surface area contributed by atoms with Crippen LogP contribution in [0.15, 0.2) is 30.3 Å². The van der Waals surface area contributed by atoms with E-state index < -0.39 is 8.07 Å². The van der Waals surface area contributed by atoms with Gasteiger partial charge in [0.1, 0.15) is 0 Å². The summed E-state index contributed by atoms with van der Waals surface area (Å²) in [5, 5.41) is 1.52. The van der Waals surface area contributed by atoms with E-state index in [0.29, 0.717) is 29.9 Å². The van der Waals surface area contributed by atoms with E-state index >= 15 is 0 Å². The van der Waals surface area contributed by atoms with Crippen molar-refractivity contribution >= 4 is 19.2 Å². The summed E-state index contributed by atoms with van der Waals surface area (Å²) in [7, 11) is -1.60. The van der Waals surface area contributed by atoms with Gasteiger partial charge in [-0.05, 0) is 29.7 Å². The number of carbonyl (C=O) groups excluding carboxylic acids is 1. The molecule has 21 heavy (non-hydrogen) atoms. The van der Waals surface area contributed by atoms with E-state index in [1.807, 2.05) is 0 Å². The predicted octanol–water partition coefficient (Wildman–Crippen LogP) is 3.44. The van der Waals surface area contributed by atoms with Crippen molar-refractivity contribution in [2.75, 3.05) is 6.61 Å². The van der Waals surface area contributed by atoms with Crippen molar-refractivity contribution in [3.8, 4) is 0 Å². The number of ether oxygens (including phenoxy) is 1. The minimum atomic E-state index is -1.60. The van der Waals surface area contributed by atoms with Gasteiger partial charge < -0.3 is 4.74 Å². The number of fused-ring (bicyclic) bond motifs is 1. The van der Waals surface area contributed by atoms with Gasteiger partial charge in [-0.25, -0.2) is 0 Å². The molecule has 0 N–H and O–H groups in total. The summed E-state index contributed by atoms with van der Waals surface area (Å²) in [5.74, 6) is 1.84. The highest BCUT2D eigenvalue weighted by Crippen LogP contribution is 2.55. The Hall–Kier alpha value is -1.09. The Kier molecular flexibility index (Phi) is 3.72. The minimum Gasteiger partial charge on any atom is -0.465 e. The van der Waals surface area contributed by atoms with Crippen LogP contribution in [0.5, 0.6) is 0 Å². The molecule has 1 aromatic rings. The lowest BCUT2D eigenvalue weighted by Gasteiger charge is -2.42. The van der Waals surface area contributed by atoms with Crippen LogP contribution in [0.1, 0.15) is 20.3 Å². The molecule has 1 aromatic carbocycles. The fourth-order valence-electron chi connectivity index (χ4n) is 5.02. The van der Waals surface area contributed by atoms with Crippen molar-refractivity contribution < 1.29 is 9.53 Å². The lowest BCUT2D eigenvalue weighted by Crippen LogP contribution is -2.51. The van der Waals surface area contributed by atoms with Crippen molar-refractivity contribution in [2.45, 2.75) is 38.9 Å². The maximum atomic E-state index is 12.2. The van der Waals surface area contributed by atoms with Gasteiger partial charge in [0, 0.05) is 0 Å². The summed E-state index contributed by atoms with van der Waals surface area (Å²) in [5.41, 5.74) is 0.674. The van der Waals surface area contributed by atoms with Crippen LogP contribution in [0, 0.1) is 23.7 Å². The molecule has 0 amide bonds. The number of cyclic esters (lactones) is 1. The van der Waals surface area contributed by atoms with E-state index in [1.165, 1.54) is 5.19 Å². The van der Waals surface area contributed by atoms with Crippen molar-refractivity contribution in [3.05, 3.63) is 30.3 Å². The summed E-state index contributed by atoms with van der Waals surface area (Å²) < 4.78 is 5.40. The van der Waals surface area contributed by atoms with E-state index in [1.54, 1.807) is 0 Å². The Balaban J connectivity index is 1.98. The van der Waals surface area contributed by atoms with Gasteiger partial charge in [0.25, 0.3) is 0 Å². The Morgan fingerprint density at radius 1 is 1.10 bits per heavy atom. The quantitative estimate of drug-likeness (QED) is 0.618. The molecule has 0 unspecified atom stereocenters. The third-order valence-corrected chi connectivity index (χ3v) is 10.4. The fourth-order valence-corrected chi connectivity index (χ4v) is 9.54. The largest absolute Gasteiger partial charge is 0.465 e. The molecular weight excluding hydrogens is 276 g/mol. The normalized spacial score (nSPS) is 36.2. The second kappa shape index (κ2) is 5.27. The van der Waals surface area contributed by atoms with Gasteiger partial charge in [-0.3, -0.25) is 4.79 Å². The SMILES string of the molecule is C[C@H]1COC(=O)[C@@H]2C[C@H](C)[C@@H]([Si](C)(C)c3ccccc3)[C@H]12. The van der Waals surface area contributed by atoms with E-state index in [4.69, 9.17) is 4.74 Å². The molecule has 1 aliphatic carbocycles. The minimum absolute atomic E-state index is 0.0605. The molecule has 5 atom stereocenters. The average Bonchev–Trinajstić information content (AvgIpc) is 2.83. The van der Waals surface area contributed by atoms with Crippen molar-refractivity contribution in [1.82, 2.24) is 0 Å². The molecule has 0 aromatic heterocycles. The molecule has 0 bridgehead atoms. The topological polar surface area (TPSA) is 26.3 Å². The third kappa shape index (κ3) is 2.35. The van der Waals surface area contributed by atoms with Crippen molar-refractivity contribution in [1.29, 1.82) is 0 Å². The standard InChI is InChI=1S/C18H26O2Si/c1-12-10-15-16(13(2)11-20-18(15)19)17(12)21(3,4)14-8-6-5-7-9-14/h5-9,12-13,15-17H,10-11H2,1-4H3/t12-,13-,15+,16+,17+/m0/s1. The first-order valence-corrected chi connectivity index (χ1v) is 11.2. The highest BCUT2D eigenvalue weighted by Gasteiger charge is 2.55. The van der Waals surface area contributed by atoms with Crippen LogP contribution in [0.3, 0.4) is 0 Å². The van der Waals surface area contributed by atoms with E-state index in [9.17, 15) is 4.79 Å². The summed E-state index contributed by atoms with van der Waals surface area (Å²) in [6.45, 7) is 10.2. The predicted molar refractivity (Wildman–Crippen MR) is 88.2 cm³/mol. The maximum Gasteiger partial charge on any atom is 0.309 e.